The van der Waals surface area contributed by atoms with Gasteiger partial charge in [0.2, 0.25) is 0 Å². The Hall–Kier alpha value is -3.26. The SMILES string of the molecule is Cc1cc(N)ccc1N=Nc1c(N)c(S(=O)(=O)O)cc2cc(S(=O)(=O)O)cc(O)c12. The van der Waals surface area contributed by atoms with Crippen LogP contribution in [0.1, 0.15) is 5.56 Å². The first-order valence-corrected chi connectivity index (χ1v) is 11.0. The van der Waals surface area contributed by atoms with Crippen LogP contribution in [0.4, 0.5) is 22.7 Å². The molecule has 0 heterocycles. The molecule has 0 aliphatic rings. The highest BCUT2D eigenvalue weighted by molar-refractivity contribution is 7.86. The van der Waals surface area contributed by atoms with Crippen molar-refractivity contribution in [3.8, 4) is 5.75 Å². The molecule has 0 aliphatic carbocycles. The molecule has 0 amide bonds. The van der Waals surface area contributed by atoms with Crippen molar-refractivity contribution in [3.05, 3.63) is 42.0 Å². The van der Waals surface area contributed by atoms with Crippen LogP contribution in [0.2, 0.25) is 0 Å². The summed E-state index contributed by atoms with van der Waals surface area (Å²) in [6, 6.07) is 7.23. The number of rotatable bonds is 4. The Morgan fingerprint density at radius 1 is 0.900 bits per heavy atom. The average molecular weight is 452 g/mol. The molecule has 0 atom stereocenters. The molecule has 3 aromatic carbocycles. The van der Waals surface area contributed by atoms with Crippen molar-refractivity contribution in [2.45, 2.75) is 16.7 Å². The van der Waals surface area contributed by atoms with Gasteiger partial charge >= 0.3 is 0 Å². The number of fused-ring (bicyclic) bond motifs is 1. The lowest BCUT2D eigenvalue weighted by molar-refractivity contribution is 0.471. The average Bonchev–Trinajstić information content (AvgIpc) is 2.60. The Bertz CT molecular complexity index is 1430. The molecular weight excluding hydrogens is 436 g/mol. The summed E-state index contributed by atoms with van der Waals surface area (Å²) in [5.74, 6) is -0.656. The molecule has 0 unspecified atom stereocenters. The van der Waals surface area contributed by atoms with Crippen molar-refractivity contribution >= 4 is 53.8 Å². The van der Waals surface area contributed by atoms with Gasteiger partial charge in [-0.3, -0.25) is 9.11 Å². The molecule has 0 fully saturated rings. The number of azo groups is 1. The van der Waals surface area contributed by atoms with Gasteiger partial charge in [-0.2, -0.15) is 21.9 Å². The molecule has 0 bridgehead atoms. The zero-order valence-corrected chi connectivity index (χ0v) is 16.9. The maximum absolute atomic E-state index is 11.7. The van der Waals surface area contributed by atoms with Gasteiger partial charge in [0.15, 0.2) is 0 Å². The number of phenolic OH excluding ortho intramolecular Hbond substituents is 1. The minimum atomic E-state index is -4.84. The Morgan fingerprint density at radius 2 is 1.57 bits per heavy atom. The van der Waals surface area contributed by atoms with E-state index in [9.17, 15) is 31.0 Å². The van der Waals surface area contributed by atoms with Crippen molar-refractivity contribution in [1.82, 2.24) is 0 Å². The molecule has 0 aliphatic heterocycles. The van der Waals surface area contributed by atoms with Gasteiger partial charge in [0.1, 0.15) is 16.3 Å². The van der Waals surface area contributed by atoms with E-state index in [0.717, 1.165) is 18.2 Å². The summed E-state index contributed by atoms with van der Waals surface area (Å²) < 4.78 is 65.1. The highest BCUT2D eigenvalue weighted by atomic mass is 32.2. The summed E-state index contributed by atoms with van der Waals surface area (Å²) in [5, 5.41) is 18.0. The lowest BCUT2D eigenvalue weighted by atomic mass is 10.1. The van der Waals surface area contributed by atoms with E-state index in [1.165, 1.54) is 0 Å². The fourth-order valence-electron chi connectivity index (χ4n) is 2.83. The Balaban J connectivity index is 2.38. The van der Waals surface area contributed by atoms with E-state index in [2.05, 4.69) is 10.2 Å². The Kier molecular flexibility index (Phi) is 5.16. The molecule has 158 valence electrons. The second-order valence-electron chi connectivity index (χ2n) is 6.37. The Morgan fingerprint density at radius 3 is 2.13 bits per heavy atom. The molecule has 3 rings (SSSR count). The molecule has 11 nitrogen and oxygen atoms in total. The fourth-order valence-corrected chi connectivity index (χ4v) is 4.01. The van der Waals surface area contributed by atoms with E-state index in [1.807, 2.05) is 0 Å². The first-order valence-electron chi connectivity index (χ1n) is 8.11. The fraction of sp³-hybridized carbons (Fsp3) is 0.0588. The van der Waals surface area contributed by atoms with E-state index in [1.54, 1.807) is 25.1 Å². The van der Waals surface area contributed by atoms with E-state index >= 15 is 0 Å². The van der Waals surface area contributed by atoms with Crippen LogP contribution in [0.5, 0.6) is 5.75 Å². The molecule has 0 radical (unpaired) electrons. The molecule has 0 spiro atoms. The quantitative estimate of drug-likeness (QED) is 0.224. The molecule has 0 aromatic heterocycles. The third kappa shape index (κ3) is 4.04. The minimum Gasteiger partial charge on any atom is -0.507 e. The van der Waals surface area contributed by atoms with Crippen LogP contribution in [0.25, 0.3) is 10.8 Å². The number of anilines is 2. The first-order chi connectivity index (χ1) is 13.8. The summed E-state index contributed by atoms with van der Waals surface area (Å²) in [6.07, 6.45) is 0. The molecule has 30 heavy (non-hydrogen) atoms. The van der Waals surface area contributed by atoms with Gasteiger partial charge in [0.25, 0.3) is 20.2 Å². The maximum Gasteiger partial charge on any atom is 0.296 e. The number of nitrogens with zero attached hydrogens (tertiary/aromatic N) is 2. The highest BCUT2D eigenvalue weighted by Gasteiger charge is 2.23. The molecule has 0 saturated heterocycles. The summed E-state index contributed by atoms with van der Waals surface area (Å²) in [6.45, 7) is 1.70. The van der Waals surface area contributed by atoms with E-state index < -0.39 is 41.5 Å². The van der Waals surface area contributed by atoms with Crippen LogP contribution < -0.4 is 11.5 Å². The zero-order chi connectivity index (χ0) is 22.4. The molecule has 7 N–H and O–H groups in total. The van der Waals surface area contributed by atoms with Crippen LogP contribution in [0.15, 0.2) is 56.4 Å². The van der Waals surface area contributed by atoms with E-state index in [-0.39, 0.29) is 16.5 Å². The molecular formula is C17H16N4O7S2. The van der Waals surface area contributed by atoms with Crippen molar-refractivity contribution in [1.29, 1.82) is 0 Å². The zero-order valence-electron chi connectivity index (χ0n) is 15.3. The second-order valence-corrected chi connectivity index (χ2v) is 9.19. The summed E-state index contributed by atoms with van der Waals surface area (Å²) in [7, 11) is -9.56. The summed E-state index contributed by atoms with van der Waals surface area (Å²) >= 11 is 0. The third-order valence-corrected chi connectivity index (χ3v) is 5.94. The van der Waals surface area contributed by atoms with Crippen LogP contribution >= 0.6 is 0 Å². The Labute approximate surface area is 171 Å². The second kappa shape index (κ2) is 7.21. The molecule has 0 saturated carbocycles. The number of aryl methyl sites for hydroxylation is 1. The van der Waals surface area contributed by atoms with Crippen LogP contribution in [0, 0.1) is 6.92 Å². The van der Waals surface area contributed by atoms with Gasteiger partial charge in [-0.05, 0) is 48.2 Å². The number of benzene rings is 3. The van der Waals surface area contributed by atoms with Gasteiger partial charge in [-0.15, -0.1) is 5.11 Å². The van der Waals surface area contributed by atoms with Crippen LogP contribution in [-0.2, 0) is 20.2 Å². The first kappa shape index (κ1) is 21.4. The minimum absolute atomic E-state index is 0.135. The number of nitrogen functional groups attached to an aromatic ring is 2. The smallest absolute Gasteiger partial charge is 0.296 e. The topological polar surface area (TPSA) is 206 Å². The van der Waals surface area contributed by atoms with Gasteiger partial charge in [0, 0.05) is 11.8 Å². The van der Waals surface area contributed by atoms with Gasteiger partial charge in [-0.25, -0.2) is 0 Å². The van der Waals surface area contributed by atoms with Crippen molar-refractivity contribution < 1.29 is 31.0 Å². The highest BCUT2D eigenvalue weighted by Crippen LogP contribution is 2.43. The van der Waals surface area contributed by atoms with E-state index in [4.69, 9.17) is 11.5 Å². The van der Waals surface area contributed by atoms with Gasteiger partial charge in [0.05, 0.1) is 21.7 Å². The number of aromatic hydroxyl groups is 1. The van der Waals surface area contributed by atoms with Crippen molar-refractivity contribution in [3.63, 3.8) is 0 Å². The normalized spacial score (nSPS) is 12.6. The number of nitrogens with two attached hydrogens (primary N) is 2. The lowest BCUT2D eigenvalue weighted by Crippen LogP contribution is -2.04. The maximum atomic E-state index is 11.7. The number of hydrogen-bond donors (Lipinski definition) is 5. The van der Waals surface area contributed by atoms with Gasteiger partial charge in [-0.1, -0.05) is 0 Å². The predicted octanol–water partition coefficient (Wildman–Crippen LogP) is 2.93. The van der Waals surface area contributed by atoms with Crippen LogP contribution in [0.3, 0.4) is 0 Å². The van der Waals surface area contributed by atoms with E-state index in [0.29, 0.717) is 16.9 Å². The lowest BCUT2D eigenvalue weighted by Gasteiger charge is -2.12. The summed E-state index contributed by atoms with van der Waals surface area (Å²) in [4.78, 5) is -1.47. The largest absolute Gasteiger partial charge is 0.507 e. The third-order valence-electron chi connectivity index (χ3n) is 4.22. The summed E-state index contributed by atoms with van der Waals surface area (Å²) in [5.41, 5.74) is 12.2. The van der Waals surface area contributed by atoms with Crippen molar-refractivity contribution in [2.75, 3.05) is 11.5 Å². The van der Waals surface area contributed by atoms with Crippen molar-refractivity contribution in [2.24, 2.45) is 10.2 Å². The predicted molar refractivity (Wildman–Crippen MR) is 109 cm³/mol. The monoisotopic (exact) mass is 452 g/mol. The van der Waals surface area contributed by atoms with Crippen LogP contribution in [-0.4, -0.2) is 31.0 Å². The van der Waals surface area contributed by atoms with Gasteiger partial charge < -0.3 is 16.6 Å². The standard InChI is InChI=1S/C17H16N4O7S2/c1-8-4-10(18)2-3-12(8)20-21-17-15-9(6-14(16(17)19)30(26,27)28)5-11(7-13(15)22)29(23,24)25/h2-7,22H,18-19H2,1H3,(H,23,24,25)(H,26,27,28). The number of hydrogen-bond acceptors (Lipinski definition) is 9. The molecule has 3 aromatic rings. The molecule has 13 heteroatoms. The number of phenols is 1.